The van der Waals surface area contributed by atoms with Crippen LogP contribution in [0.25, 0.3) is 0 Å². The number of halogens is 1. The molecule has 0 aromatic heterocycles. The fourth-order valence-electron chi connectivity index (χ4n) is 3.23. The van der Waals surface area contributed by atoms with Crippen LogP contribution in [0.4, 0.5) is 0 Å². The molecule has 0 N–H and O–H groups in total. The van der Waals surface area contributed by atoms with E-state index < -0.39 is 0 Å². The highest BCUT2D eigenvalue weighted by Crippen LogP contribution is 2.38. The molecule has 1 heterocycles. The van der Waals surface area contributed by atoms with Gasteiger partial charge in [0.2, 0.25) is 5.91 Å². The lowest BCUT2D eigenvalue weighted by Gasteiger charge is -2.41. The second-order valence-electron chi connectivity index (χ2n) is 6.15. The Morgan fingerprint density at radius 1 is 1.29 bits per heavy atom. The molecule has 0 spiro atoms. The summed E-state index contributed by atoms with van der Waals surface area (Å²) < 4.78 is 0. The highest BCUT2D eigenvalue weighted by molar-refractivity contribution is 6.20. The van der Waals surface area contributed by atoms with Crippen molar-refractivity contribution < 1.29 is 4.79 Å². The van der Waals surface area contributed by atoms with Gasteiger partial charge in [-0.2, -0.15) is 0 Å². The molecule has 1 aliphatic carbocycles. The topological polar surface area (TPSA) is 20.3 Å². The van der Waals surface area contributed by atoms with Gasteiger partial charge >= 0.3 is 0 Å². The molecule has 2 nitrogen and oxygen atoms in total. The Labute approximate surface area is 110 Å². The molecule has 2 unspecified atom stereocenters. The first-order valence-electron chi connectivity index (χ1n) is 6.96. The van der Waals surface area contributed by atoms with Crippen LogP contribution in [0.1, 0.15) is 52.4 Å². The fourth-order valence-corrected chi connectivity index (χ4v) is 3.41. The summed E-state index contributed by atoms with van der Waals surface area (Å²) in [6.45, 7) is 6.02. The Balaban J connectivity index is 1.99. The normalized spacial score (nSPS) is 33.5. The summed E-state index contributed by atoms with van der Waals surface area (Å²) in [5, 5.41) is 0.248. The van der Waals surface area contributed by atoms with Crippen molar-refractivity contribution in [3.63, 3.8) is 0 Å². The number of piperidine rings is 1. The van der Waals surface area contributed by atoms with Gasteiger partial charge < -0.3 is 4.90 Å². The van der Waals surface area contributed by atoms with Crippen LogP contribution in [0.15, 0.2) is 0 Å². The molecule has 1 saturated carbocycles. The Hall–Kier alpha value is -0.240. The van der Waals surface area contributed by atoms with Gasteiger partial charge in [0.25, 0.3) is 0 Å². The van der Waals surface area contributed by atoms with E-state index >= 15 is 0 Å². The first-order chi connectivity index (χ1) is 8.03. The molecule has 2 aliphatic rings. The van der Waals surface area contributed by atoms with Gasteiger partial charge in [-0.1, -0.05) is 33.1 Å². The number of amides is 1. The van der Waals surface area contributed by atoms with Crippen molar-refractivity contribution >= 4 is 17.5 Å². The van der Waals surface area contributed by atoms with Gasteiger partial charge in [0.05, 0.1) is 0 Å². The molecule has 1 aliphatic heterocycles. The van der Waals surface area contributed by atoms with Gasteiger partial charge in [-0.3, -0.25) is 4.79 Å². The molecule has 0 radical (unpaired) electrons. The van der Waals surface area contributed by atoms with E-state index in [2.05, 4.69) is 18.7 Å². The van der Waals surface area contributed by atoms with E-state index in [1.807, 2.05) is 0 Å². The number of carbonyl (C=O) groups excluding carboxylic acids is 1. The van der Waals surface area contributed by atoms with Crippen LogP contribution in [0.5, 0.6) is 0 Å². The molecule has 1 saturated heterocycles. The van der Waals surface area contributed by atoms with E-state index in [0.29, 0.717) is 11.8 Å². The zero-order chi connectivity index (χ0) is 12.5. The molecule has 0 aromatic carbocycles. The molecule has 17 heavy (non-hydrogen) atoms. The quantitative estimate of drug-likeness (QED) is 0.659. The molecule has 1 amide bonds. The summed E-state index contributed by atoms with van der Waals surface area (Å²) >= 11 is 6.22. The molecule has 3 heteroatoms. The number of nitrogens with zero attached hydrogens (tertiary/aromatic N) is 1. The number of hydrogen-bond acceptors (Lipinski definition) is 1. The van der Waals surface area contributed by atoms with Crippen molar-refractivity contribution in [1.82, 2.24) is 4.90 Å². The predicted molar refractivity (Wildman–Crippen MR) is 71.2 cm³/mol. The van der Waals surface area contributed by atoms with Gasteiger partial charge in [0.1, 0.15) is 0 Å². The SMILES string of the molecule is CC1CN(C(=O)C2(C)CCCCC2)CCC1Cl. The Bertz CT molecular complexity index is 286. The van der Waals surface area contributed by atoms with Gasteiger partial charge in [0.15, 0.2) is 0 Å². The van der Waals surface area contributed by atoms with E-state index in [9.17, 15) is 4.79 Å². The van der Waals surface area contributed by atoms with Crippen molar-refractivity contribution in [2.24, 2.45) is 11.3 Å². The third-order valence-electron chi connectivity index (χ3n) is 4.56. The number of rotatable bonds is 1. The van der Waals surface area contributed by atoms with Gasteiger partial charge in [0, 0.05) is 23.9 Å². The highest BCUT2D eigenvalue weighted by Gasteiger charge is 2.39. The molecule has 2 atom stereocenters. The lowest BCUT2D eigenvalue weighted by Crippen LogP contribution is -2.49. The number of hydrogen-bond donors (Lipinski definition) is 0. The second-order valence-corrected chi connectivity index (χ2v) is 6.72. The lowest BCUT2D eigenvalue weighted by atomic mass is 9.74. The van der Waals surface area contributed by atoms with Crippen LogP contribution in [0.2, 0.25) is 0 Å². The maximum atomic E-state index is 12.6. The molecule has 0 aromatic rings. The second kappa shape index (κ2) is 5.17. The van der Waals surface area contributed by atoms with Crippen LogP contribution < -0.4 is 0 Å². The molecular weight excluding hydrogens is 234 g/mol. The first-order valence-corrected chi connectivity index (χ1v) is 7.40. The van der Waals surface area contributed by atoms with E-state index in [-0.39, 0.29) is 10.8 Å². The third-order valence-corrected chi connectivity index (χ3v) is 5.21. The maximum absolute atomic E-state index is 12.6. The van der Waals surface area contributed by atoms with E-state index in [4.69, 9.17) is 11.6 Å². The van der Waals surface area contributed by atoms with Crippen LogP contribution >= 0.6 is 11.6 Å². The maximum Gasteiger partial charge on any atom is 0.228 e. The standard InChI is InChI=1S/C14H24ClNO/c1-11-10-16(9-6-12(11)15)13(17)14(2)7-4-3-5-8-14/h11-12H,3-10H2,1-2H3. The number of alkyl halides is 1. The average molecular weight is 258 g/mol. The van der Waals surface area contributed by atoms with Crippen LogP contribution in [0, 0.1) is 11.3 Å². The zero-order valence-electron chi connectivity index (χ0n) is 11.0. The minimum Gasteiger partial charge on any atom is -0.342 e. The highest BCUT2D eigenvalue weighted by atomic mass is 35.5. The fraction of sp³-hybridized carbons (Fsp3) is 0.929. The van der Waals surface area contributed by atoms with Crippen LogP contribution in [0.3, 0.4) is 0 Å². The summed E-state index contributed by atoms with van der Waals surface area (Å²) in [6, 6.07) is 0. The number of carbonyl (C=O) groups is 1. The van der Waals surface area contributed by atoms with Gasteiger partial charge in [-0.05, 0) is 25.2 Å². The largest absolute Gasteiger partial charge is 0.342 e. The monoisotopic (exact) mass is 257 g/mol. The minimum absolute atomic E-state index is 0.0862. The third kappa shape index (κ3) is 2.78. The zero-order valence-corrected chi connectivity index (χ0v) is 11.8. The smallest absolute Gasteiger partial charge is 0.228 e. The van der Waals surface area contributed by atoms with Crippen molar-refractivity contribution in [2.75, 3.05) is 13.1 Å². The van der Waals surface area contributed by atoms with Crippen molar-refractivity contribution in [2.45, 2.75) is 57.7 Å². The summed E-state index contributed by atoms with van der Waals surface area (Å²) in [7, 11) is 0. The van der Waals surface area contributed by atoms with Crippen molar-refractivity contribution in [3.8, 4) is 0 Å². The number of likely N-dealkylation sites (tertiary alicyclic amines) is 1. The summed E-state index contributed by atoms with van der Waals surface area (Å²) in [6.07, 6.45) is 6.81. The van der Waals surface area contributed by atoms with Crippen molar-refractivity contribution in [1.29, 1.82) is 0 Å². The van der Waals surface area contributed by atoms with Crippen LogP contribution in [-0.2, 0) is 4.79 Å². The van der Waals surface area contributed by atoms with Gasteiger partial charge in [-0.15, -0.1) is 11.6 Å². The Morgan fingerprint density at radius 2 is 1.94 bits per heavy atom. The summed E-state index contributed by atoms with van der Waals surface area (Å²) in [5.74, 6) is 0.814. The van der Waals surface area contributed by atoms with Gasteiger partial charge in [-0.25, -0.2) is 0 Å². The summed E-state index contributed by atoms with van der Waals surface area (Å²) in [4.78, 5) is 14.7. The Morgan fingerprint density at radius 3 is 2.53 bits per heavy atom. The molecular formula is C14H24ClNO. The lowest BCUT2D eigenvalue weighted by molar-refractivity contribution is -0.144. The molecule has 2 rings (SSSR count). The first kappa shape index (κ1) is 13.2. The predicted octanol–water partition coefficient (Wildman–Crippen LogP) is 3.43. The molecule has 2 fully saturated rings. The summed E-state index contributed by atoms with van der Waals surface area (Å²) in [5.41, 5.74) is -0.0862. The minimum atomic E-state index is -0.0862. The van der Waals surface area contributed by atoms with Crippen molar-refractivity contribution in [3.05, 3.63) is 0 Å². The Kier molecular flexibility index (Phi) is 4.02. The average Bonchev–Trinajstić information content (AvgIpc) is 2.33. The molecule has 0 bridgehead atoms. The van der Waals surface area contributed by atoms with E-state index in [1.165, 1.54) is 19.3 Å². The van der Waals surface area contributed by atoms with E-state index in [0.717, 1.165) is 32.4 Å². The van der Waals surface area contributed by atoms with E-state index in [1.54, 1.807) is 0 Å². The van der Waals surface area contributed by atoms with Crippen LogP contribution in [-0.4, -0.2) is 29.3 Å². The molecule has 98 valence electrons.